The Bertz CT molecular complexity index is 11.6. The van der Waals surface area contributed by atoms with Crippen molar-refractivity contribution in [2.45, 2.75) is 0 Å². The van der Waals surface area contributed by atoms with Gasteiger partial charge in [0, 0.05) is 85.3 Å². The van der Waals surface area contributed by atoms with E-state index in [-0.39, 0.29) is 91.4 Å². The molecule has 0 aromatic carbocycles. The van der Waals surface area contributed by atoms with Crippen molar-refractivity contribution in [2.24, 2.45) is 0 Å². The Morgan fingerprint density at radius 1 is 1.00 bits per heavy atom. The van der Waals surface area contributed by atoms with Gasteiger partial charge in [0.05, 0.1) is 0 Å². The number of hydrogen-bond donors (Lipinski definition) is 1. The van der Waals surface area contributed by atoms with Gasteiger partial charge in [-0.15, -0.1) is 0 Å². The zero-order chi connectivity index (χ0) is 0. The maximum atomic E-state index is 0. The number of hydrogen-bond acceptors (Lipinski definition) is 1. The molecule has 17 valence electrons. The van der Waals surface area contributed by atoms with Crippen LogP contribution in [0, 0.1) is 0 Å². The van der Waals surface area contributed by atoms with Crippen molar-refractivity contribution in [3.63, 3.8) is 0 Å². The fourth-order valence-corrected chi connectivity index (χ4v) is 0. The Morgan fingerprint density at radius 2 is 1.00 bits per heavy atom. The van der Waals surface area contributed by atoms with Crippen molar-refractivity contribution in [3.05, 3.63) is 0 Å². The molecule has 0 unspecified atom stereocenters. The van der Waals surface area contributed by atoms with Crippen molar-refractivity contribution in [3.8, 4) is 0 Å². The van der Waals surface area contributed by atoms with Crippen molar-refractivity contribution >= 4 is 65.8 Å². The minimum absolute atomic E-state index is 0. The summed E-state index contributed by atoms with van der Waals surface area (Å²) in [5.41, 5.74) is 0. The molecule has 0 aromatic heterocycles. The maximum absolute atomic E-state index is 0. The van der Waals surface area contributed by atoms with E-state index in [1.54, 1.807) is 0 Å². The Balaban J connectivity index is 0. The van der Waals surface area contributed by atoms with E-state index < -0.39 is 0 Å². The molecule has 0 aliphatic rings. The molecule has 0 saturated carbocycles. The van der Waals surface area contributed by atoms with E-state index in [0.717, 1.165) is 0 Å². The average Bonchev–Trinajstić information content (AvgIpc) is 0. The van der Waals surface area contributed by atoms with Crippen molar-refractivity contribution in [1.82, 2.24) is 6.15 Å². The van der Waals surface area contributed by atoms with Gasteiger partial charge in [-0.25, -0.2) is 0 Å². The molecule has 1 nitrogen and oxygen atoms in total. The second-order valence-corrected chi connectivity index (χ2v) is 0. The van der Waals surface area contributed by atoms with E-state index in [2.05, 4.69) is 0 Å². The van der Waals surface area contributed by atoms with Crippen LogP contribution in [0.25, 0.3) is 0 Å². The predicted molar refractivity (Wildman–Crippen MR) is 22.3 cm³/mol. The molecule has 0 rings (SSSR count). The summed E-state index contributed by atoms with van der Waals surface area (Å²) in [6, 6.07) is 0. The predicted octanol–water partition coefficient (Wildman–Crippen LogP) is -0.983. The summed E-state index contributed by atoms with van der Waals surface area (Å²) in [6.07, 6.45) is 0. The van der Waals surface area contributed by atoms with Crippen LogP contribution >= 0.6 is 0 Å². The third-order valence-electron chi connectivity index (χ3n) is 0. The SMILES string of the molecule is N.[Li].[Mg].[Sn].[Zn]. The van der Waals surface area contributed by atoms with Crippen LogP contribution in [-0.4, -0.2) is 65.8 Å². The Kier molecular flexibility index (Phi) is 276. The first-order valence-corrected chi connectivity index (χ1v) is 0. The first-order valence-electron chi connectivity index (χ1n) is 0. The largest absolute Gasteiger partial charge is 0.344 e. The van der Waals surface area contributed by atoms with Gasteiger partial charge < -0.3 is 6.15 Å². The molecular weight excluding hydrogens is 229 g/mol. The van der Waals surface area contributed by atoms with Gasteiger partial charge in [-0.1, -0.05) is 0 Å². The monoisotopic (exact) mass is 232 g/mol. The molecule has 5 heavy (non-hydrogen) atoms. The van der Waals surface area contributed by atoms with Crippen LogP contribution in [0.5, 0.6) is 0 Å². The van der Waals surface area contributed by atoms with Gasteiger partial charge in [-0.05, 0) is 0 Å². The van der Waals surface area contributed by atoms with Gasteiger partial charge in [-0.2, -0.15) is 0 Å². The quantitative estimate of drug-likeness (QED) is 0.535. The molecule has 0 fully saturated rings. The van der Waals surface area contributed by atoms with Crippen LogP contribution in [0.3, 0.4) is 0 Å². The maximum Gasteiger partial charge on any atom is 0 e. The van der Waals surface area contributed by atoms with Crippen LogP contribution in [0.15, 0.2) is 0 Å². The fourth-order valence-electron chi connectivity index (χ4n) is 0. The molecular formula is H3LiMgNSnZn. The third kappa shape index (κ3) is 20.2. The van der Waals surface area contributed by atoms with Gasteiger partial charge in [-0.3, -0.25) is 0 Å². The second-order valence-electron chi connectivity index (χ2n) is 0. The van der Waals surface area contributed by atoms with E-state index >= 15 is 0 Å². The number of rotatable bonds is 0. The minimum Gasteiger partial charge on any atom is -0.344 e. The van der Waals surface area contributed by atoms with E-state index in [9.17, 15) is 0 Å². The minimum atomic E-state index is 0. The Hall–Kier alpha value is 2.75. The van der Waals surface area contributed by atoms with E-state index in [4.69, 9.17) is 0 Å². The summed E-state index contributed by atoms with van der Waals surface area (Å²) in [4.78, 5) is 0. The molecule has 0 aromatic rings. The van der Waals surface area contributed by atoms with Gasteiger partial charge in [0.25, 0.3) is 0 Å². The van der Waals surface area contributed by atoms with E-state index in [1.807, 2.05) is 0 Å². The standard InChI is InChI=1S/Li.Mg.H3N.Sn.Zn/h;;1H3;;. The smallest absolute Gasteiger partial charge is 0 e. The zero-order valence-corrected chi connectivity index (χ0v) is 10.9. The topological polar surface area (TPSA) is 35.0 Å². The van der Waals surface area contributed by atoms with Crippen molar-refractivity contribution < 1.29 is 19.5 Å². The molecule has 0 aliphatic heterocycles. The first-order chi connectivity index (χ1) is 0. The zero-order valence-electron chi connectivity index (χ0n) is 3.62. The summed E-state index contributed by atoms with van der Waals surface area (Å²) in [5.74, 6) is 0. The summed E-state index contributed by atoms with van der Waals surface area (Å²) in [6.45, 7) is 0. The Morgan fingerprint density at radius 3 is 1.00 bits per heavy atom. The molecule has 7 radical (unpaired) electrons. The summed E-state index contributed by atoms with van der Waals surface area (Å²) in [5, 5.41) is 0. The van der Waals surface area contributed by atoms with Gasteiger partial charge in [0.15, 0.2) is 0 Å². The van der Waals surface area contributed by atoms with Crippen molar-refractivity contribution in [1.29, 1.82) is 0 Å². The van der Waals surface area contributed by atoms with Gasteiger partial charge in [0.1, 0.15) is 0 Å². The fraction of sp³-hybridized carbons (Fsp3) is 0. The third-order valence-corrected chi connectivity index (χ3v) is 0. The van der Waals surface area contributed by atoms with Crippen molar-refractivity contribution in [2.75, 3.05) is 0 Å². The molecule has 0 spiro atoms. The average molecular weight is 232 g/mol. The van der Waals surface area contributed by atoms with E-state index in [1.165, 1.54) is 0 Å². The molecule has 0 amide bonds. The Labute approximate surface area is 90.0 Å². The van der Waals surface area contributed by atoms with E-state index in [0.29, 0.717) is 0 Å². The van der Waals surface area contributed by atoms with Crippen LogP contribution < -0.4 is 6.15 Å². The van der Waals surface area contributed by atoms with Crippen LogP contribution in [0.2, 0.25) is 0 Å². The second kappa shape index (κ2) is 29.5. The molecule has 0 heterocycles. The molecule has 0 atom stereocenters. The summed E-state index contributed by atoms with van der Waals surface area (Å²) in [7, 11) is 0. The molecule has 5 heteroatoms. The normalized spacial score (nSPS) is 0. The molecule has 0 bridgehead atoms. The van der Waals surface area contributed by atoms with Crippen LogP contribution in [0.1, 0.15) is 0 Å². The molecule has 0 saturated heterocycles. The van der Waals surface area contributed by atoms with Gasteiger partial charge >= 0.3 is 0 Å². The van der Waals surface area contributed by atoms with Crippen LogP contribution in [-0.2, 0) is 19.5 Å². The molecule has 3 N–H and O–H groups in total. The van der Waals surface area contributed by atoms with Crippen LogP contribution in [0.4, 0.5) is 0 Å². The summed E-state index contributed by atoms with van der Waals surface area (Å²) < 4.78 is 0. The first kappa shape index (κ1) is 46.8. The summed E-state index contributed by atoms with van der Waals surface area (Å²) >= 11 is 0. The molecule has 0 aliphatic carbocycles. The van der Waals surface area contributed by atoms with Gasteiger partial charge in [0.2, 0.25) is 0 Å².